The molecule has 0 unspecified atom stereocenters. The molecule has 0 saturated carbocycles. The Morgan fingerprint density at radius 3 is 2.67 bits per heavy atom. The van der Waals surface area contributed by atoms with Gasteiger partial charge in [0.1, 0.15) is 6.10 Å². The van der Waals surface area contributed by atoms with Crippen molar-refractivity contribution in [1.29, 1.82) is 0 Å². The third-order valence-corrected chi connectivity index (χ3v) is 6.56. The molecule has 2 amide bonds. The second-order valence-electron chi connectivity index (χ2n) is 5.77. The number of aliphatic hydroxyl groups is 1. The lowest BCUT2D eigenvalue weighted by atomic mass is 10.2. The van der Waals surface area contributed by atoms with Crippen LogP contribution in [-0.2, 0) is 9.59 Å². The molecule has 0 aliphatic heterocycles. The van der Waals surface area contributed by atoms with Crippen LogP contribution in [0.3, 0.4) is 0 Å². The summed E-state index contributed by atoms with van der Waals surface area (Å²) in [4.78, 5) is 27.0. The number of benzene rings is 1. The SMILES string of the molecule is Cc1c(Cl)cccc1NC(=O)C(=O)NC[C@@H](O)c1ccc(-c2cccs2)s1. The first-order chi connectivity index (χ1) is 13.0. The highest BCUT2D eigenvalue weighted by Crippen LogP contribution is 2.33. The molecule has 0 saturated heterocycles. The molecule has 0 aliphatic rings. The van der Waals surface area contributed by atoms with Crippen LogP contribution in [0.4, 0.5) is 5.69 Å². The summed E-state index contributed by atoms with van der Waals surface area (Å²) in [5, 5.41) is 17.8. The van der Waals surface area contributed by atoms with E-state index < -0.39 is 17.9 Å². The average Bonchev–Trinajstić information content (AvgIpc) is 3.34. The molecule has 0 fully saturated rings. The molecule has 27 heavy (non-hydrogen) atoms. The molecular weight excluding hydrogens is 404 g/mol. The van der Waals surface area contributed by atoms with Gasteiger partial charge in [0.15, 0.2) is 0 Å². The van der Waals surface area contributed by atoms with E-state index in [-0.39, 0.29) is 6.54 Å². The fraction of sp³-hybridized carbons (Fsp3) is 0.158. The van der Waals surface area contributed by atoms with Gasteiger partial charge in [0.2, 0.25) is 0 Å². The van der Waals surface area contributed by atoms with Crippen LogP contribution >= 0.6 is 34.3 Å². The fourth-order valence-electron chi connectivity index (χ4n) is 2.38. The minimum atomic E-state index is -0.881. The van der Waals surface area contributed by atoms with Crippen LogP contribution in [-0.4, -0.2) is 23.5 Å². The molecule has 140 valence electrons. The van der Waals surface area contributed by atoms with Crippen molar-refractivity contribution in [3.05, 3.63) is 63.3 Å². The smallest absolute Gasteiger partial charge is 0.313 e. The van der Waals surface area contributed by atoms with Crippen LogP contribution in [0.15, 0.2) is 47.8 Å². The minimum Gasteiger partial charge on any atom is -0.386 e. The van der Waals surface area contributed by atoms with Crippen molar-refractivity contribution in [3.63, 3.8) is 0 Å². The van der Waals surface area contributed by atoms with Gasteiger partial charge in [-0.05, 0) is 48.2 Å². The third-order valence-electron chi connectivity index (χ3n) is 3.90. The zero-order chi connectivity index (χ0) is 19.4. The maximum Gasteiger partial charge on any atom is 0.313 e. The lowest BCUT2D eigenvalue weighted by Crippen LogP contribution is -2.37. The summed E-state index contributed by atoms with van der Waals surface area (Å²) in [5.74, 6) is -1.62. The van der Waals surface area contributed by atoms with Crippen LogP contribution in [0.5, 0.6) is 0 Å². The number of carbonyl (C=O) groups excluding carboxylic acids is 2. The first kappa shape index (κ1) is 19.6. The fourth-order valence-corrected chi connectivity index (χ4v) is 4.38. The van der Waals surface area contributed by atoms with Crippen molar-refractivity contribution in [3.8, 4) is 9.75 Å². The highest BCUT2D eigenvalue weighted by Gasteiger charge is 2.18. The van der Waals surface area contributed by atoms with Gasteiger partial charge in [-0.3, -0.25) is 9.59 Å². The van der Waals surface area contributed by atoms with Crippen molar-refractivity contribution < 1.29 is 14.7 Å². The maximum absolute atomic E-state index is 12.0. The molecule has 3 N–H and O–H groups in total. The molecule has 1 aromatic carbocycles. The Kier molecular flexibility index (Phi) is 6.28. The summed E-state index contributed by atoms with van der Waals surface area (Å²) in [5.41, 5.74) is 1.15. The number of aliphatic hydroxyl groups excluding tert-OH is 1. The van der Waals surface area contributed by atoms with Gasteiger partial charge in [-0.25, -0.2) is 0 Å². The molecule has 5 nitrogen and oxygen atoms in total. The van der Waals surface area contributed by atoms with Crippen LogP contribution in [0.1, 0.15) is 16.5 Å². The number of nitrogens with one attached hydrogen (secondary N) is 2. The maximum atomic E-state index is 12.0. The first-order valence-corrected chi connectivity index (χ1v) is 10.2. The second-order valence-corrected chi connectivity index (χ2v) is 8.24. The molecule has 8 heteroatoms. The van der Waals surface area contributed by atoms with E-state index in [1.807, 2.05) is 29.6 Å². The van der Waals surface area contributed by atoms with Gasteiger partial charge in [-0.1, -0.05) is 23.7 Å². The number of anilines is 1. The van der Waals surface area contributed by atoms with Gasteiger partial charge >= 0.3 is 11.8 Å². The van der Waals surface area contributed by atoms with Gasteiger partial charge < -0.3 is 15.7 Å². The molecule has 3 aromatic rings. The molecule has 1 atom stereocenters. The number of carbonyl (C=O) groups is 2. The van der Waals surface area contributed by atoms with E-state index in [1.165, 1.54) is 11.3 Å². The number of hydrogen-bond acceptors (Lipinski definition) is 5. The van der Waals surface area contributed by atoms with E-state index in [1.54, 1.807) is 36.5 Å². The van der Waals surface area contributed by atoms with Gasteiger partial charge in [-0.2, -0.15) is 0 Å². The molecule has 0 bridgehead atoms. The Morgan fingerprint density at radius 1 is 1.11 bits per heavy atom. The average molecular weight is 421 g/mol. The number of rotatable bonds is 5. The number of thiophene rings is 2. The Balaban J connectivity index is 1.55. The third kappa shape index (κ3) is 4.75. The van der Waals surface area contributed by atoms with Crippen LogP contribution in [0.2, 0.25) is 5.02 Å². The number of halogens is 1. The molecular formula is C19H17ClN2O3S2. The van der Waals surface area contributed by atoms with Gasteiger partial charge in [0.25, 0.3) is 0 Å². The monoisotopic (exact) mass is 420 g/mol. The Labute approximate surface area is 169 Å². The standard InChI is InChI=1S/C19H17ClN2O3S2/c1-11-12(20)4-2-5-13(11)22-19(25)18(24)21-10-14(23)15-7-8-17(27-15)16-6-3-9-26-16/h2-9,14,23H,10H2,1H3,(H,21,24)(H,22,25)/t14-/m1/s1. The van der Waals surface area contributed by atoms with Crippen molar-refractivity contribution in [2.75, 3.05) is 11.9 Å². The van der Waals surface area contributed by atoms with Gasteiger partial charge in [-0.15, -0.1) is 22.7 Å². The van der Waals surface area contributed by atoms with E-state index in [4.69, 9.17) is 11.6 Å². The summed E-state index contributed by atoms with van der Waals surface area (Å²) >= 11 is 9.09. The predicted molar refractivity (Wildman–Crippen MR) is 110 cm³/mol. The quantitative estimate of drug-likeness (QED) is 0.540. The van der Waals surface area contributed by atoms with Crippen molar-refractivity contribution in [2.24, 2.45) is 0 Å². The first-order valence-electron chi connectivity index (χ1n) is 8.11. The van der Waals surface area contributed by atoms with E-state index in [2.05, 4.69) is 10.6 Å². The van der Waals surface area contributed by atoms with Crippen molar-refractivity contribution in [1.82, 2.24) is 5.32 Å². The lowest BCUT2D eigenvalue weighted by Gasteiger charge is -2.12. The summed E-state index contributed by atoms with van der Waals surface area (Å²) in [6.45, 7) is 1.70. The highest BCUT2D eigenvalue weighted by molar-refractivity contribution is 7.21. The van der Waals surface area contributed by atoms with E-state index in [0.717, 1.165) is 14.6 Å². The van der Waals surface area contributed by atoms with Gasteiger partial charge in [0, 0.05) is 31.9 Å². The van der Waals surface area contributed by atoms with Crippen LogP contribution < -0.4 is 10.6 Å². The zero-order valence-corrected chi connectivity index (χ0v) is 16.8. The summed E-state index contributed by atoms with van der Waals surface area (Å²) in [6, 6.07) is 12.8. The highest BCUT2D eigenvalue weighted by atomic mass is 35.5. The van der Waals surface area contributed by atoms with E-state index in [9.17, 15) is 14.7 Å². The molecule has 2 aromatic heterocycles. The van der Waals surface area contributed by atoms with Crippen LogP contribution in [0, 0.1) is 6.92 Å². The Morgan fingerprint density at radius 2 is 1.93 bits per heavy atom. The number of hydrogen-bond donors (Lipinski definition) is 3. The molecule has 0 radical (unpaired) electrons. The van der Waals surface area contributed by atoms with Crippen molar-refractivity contribution >= 4 is 51.8 Å². The Hall–Kier alpha value is -2.19. The van der Waals surface area contributed by atoms with E-state index >= 15 is 0 Å². The predicted octanol–water partition coefficient (Wildman–Crippen LogP) is 4.23. The zero-order valence-electron chi connectivity index (χ0n) is 14.4. The second kappa shape index (κ2) is 8.67. The summed E-state index contributed by atoms with van der Waals surface area (Å²) in [7, 11) is 0. The molecule has 3 rings (SSSR count). The topological polar surface area (TPSA) is 78.4 Å². The van der Waals surface area contributed by atoms with E-state index in [0.29, 0.717) is 16.3 Å². The molecule has 0 spiro atoms. The number of amides is 2. The largest absolute Gasteiger partial charge is 0.386 e. The van der Waals surface area contributed by atoms with Crippen LogP contribution in [0.25, 0.3) is 9.75 Å². The molecule has 0 aliphatic carbocycles. The normalized spacial score (nSPS) is 11.8. The Bertz CT molecular complexity index is 954. The van der Waals surface area contributed by atoms with Crippen molar-refractivity contribution in [2.45, 2.75) is 13.0 Å². The lowest BCUT2D eigenvalue weighted by molar-refractivity contribution is -0.136. The molecule has 2 heterocycles. The summed E-state index contributed by atoms with van der Waals surface area (Å²) in [6.07, 6.45) is -0.881. The van der Waals surface area contributed by atoms with Gasteiger partial charge in [0.05, 0.1) is 0 Å². The minimum absolute atomic E-state index is 0.0504. The summed E-state index contributed by atoms with van der Waals surface area (Å²) < 4.78 is 0.